The van der Waals surface area contributed by atoms with E-state index in [2.05, 4.69) is 25.3 Å². The number of halogens is 2. The Morgan fingerprint density at radius 2 is 2.00 bits per heavy atom. The fraction of sp³-hybridized carbons (Fsp3) is 0.333. The van der Waals surface area contributed by atoms with Gasteiger partial charge in [0.2, 0.25) is 0 Å². The van der Waals surface area contributed by atoms with Crippen molar-refractivity contribution in [3.63, 3.8) is 0 Å². The average molecular weight is 461 g/mol. The Morgan fingerprint density at radius 1 is 1.22 bits per heavy atom. The summed E-state index contributed by atoms with van der Waals surface area (Å²) >= 11 is 1.22. The van der Waals surface area contributed by atoms with Crippen LogP contribution in [0.4, 0.5) is 20.3 Å². The molecule has 32 heavy (non-hydrogen) atoms. The van der Waals surface area contributed by atoms with Gasteiger partial charge in [-0.25, -0.2) is 23.7 Å². The predicted molar refractivity (Wildman–Crippen MR) is 120 cm³/mol. The van der Waals surface area contributed by atoms with E-state index < -0.39 is 21.9 Å². The first-order valence-corrected chi connectivity index (χ1v) is 10.5. The van der Waals surface area contributed by atoms with Crippen LogP contribution in [0.15, 0.2) is 35.7 Å². The zero-order valence-electron chi connectivity index (χ0n) is 17.7. The van der Waals surface area contributed by atoms with Gasteiger partial charge in [0, 0.05) is 28.1 Å². The van der Waals surface area contributed by atoms with Crippen LogP contribution in [0.5, 0.6) is 5.75 Å². The Balaban J connectivity index is 1.77. The van der Waals surface area contributed by atoms with Crippen LogP contribution >= 0.6 is 11.8 Å². The molecule has 1 aliphatic rings. The normalized spacial score (nSPS) is 23.1. The highest BCUT2D eigenvalue weighted by atomic mass is 32.2. The molecule has 4 rings (SSSR count). The maximum Gasteiger partial charge on any atom is 0.164 e. The summed E-state index contributed by atoms with van der Waals surface area (Å²) in [5.41, 5.74) is 6.05. The number of hydrogen-bond acceptors (Lipinski definition) is 9. The highest BCUT2D eigenvalue weighted by Gasteiger charge is 2.43. The SMILES string of the molecule is COc1cnc2c(Nc3cc(F)c(F)c([C@]4(C)C[C@](C)(CO)SC(N)=N4)c3)ncnc2c1. The third-order valence-corrected chi connectivity index (χ3v) is 6.38. The van der Waals surface area contributed by atoms with Crippen molar-refractivity contribution in [1.29, 1.82) is 0 Å². The summed E-state index contributed by atoms with van der Waals surface area (Å²) in [7, 11) is 1.52. The van der Waals surface area contributed by atoms with Gasteiger partial charge in [-0.3, -0.25) is 4.99 Å². The lowest BCUT2D eigenvalue weighted by atomic mass is 9.83. The molecule has 0 saturated heterocycles. The van der Waals surface area contributed by atoms with Crippen molar-refractivity contribution in [2.24, 2.45) is 10.7 Å². The van der Waals surface area contributed by atoms with Crippen LogP contribution in [-0.2, 0) is 5.54 Å². The van der Waals surface area contributed by atoms with Crippen molar-refractivity contribution in [1.82, 2.24) is 15.0 Å². The number of hydrogen-bond donors (Lipinski definition) is 3. The number of methoxy groups -OCH3 is 1. The fourth-order valence-electron chi connectivity index (χ4n) is 3.88. The summed E-state index contributed by atoms with van der Waals surface area (Å²) in [6.45, 7) is 3.29. The van der Waals surface area contributed by atoms with E-state index in [9.17, 15) is 13.9 Å². The number of nitrogens with two attached hydrogens (primary N) is 1. The molecule has 2 aromatic heterocycles. The van der Waals surface area contributed by atoms with Gasteiger partial charge in [0.1, 0.15) is 17.6 Å². The third-order valence-electron chi connectivity index (χ3n) is 5.32. The number of nitrogens with zero attached hydrogens (tertiary/aromatic N) is 4. The molecule has 168 valence electrons. The minimum atomic E-state index is -1.17. The van der Waals surface area contributed by atoms with E-state index in [1.165, 1.54) is 37.5 Å². The van der Waals surface area contributed by atoms with Crippen LogP contribution < -0.4 is 15.8 Å². The number of ether oxygens (including phenoxy) is 1. The summed E-state index contributed by atoms with van der Waals surface area (Å²) in [4.78, 5) is 17.1. The molecular weight excluding hydrogens is 438 g/mol. The maximum absolute atomic E-state index is 14.9. The lowest BCUT2D eigenvalue weighted by Crippen LogP contribution is -2.42. The Bertz CT molecular complexity index is 1230. The van der Waals surface area contributed by atoms with Crippen molar-refractivity contribution in [2.45, 2.75) is 30.6 Å². The molecule has 0 fully saturated rings. The number of aliphatic hydroxyl groups is 1. The molecule has 3 heterocycles. The number of thioether (sulfide) groups is 1. The van der Waals surface area contributed by atoms with Gasteiger partial charge in [0.05, 0.1) is 31.0 Å². The molecular formula is C21H22F2N6O2S. The van der Waals surface area contributed by atoms with Crippen LogP contribution in [-0.4, -0.2) is 43.7 Å². The van der Waals surface area contributed by atoms with E-state index in [1.807, 2.05) is 0 Å². The number of rotatable bonds is 5. The van der Waals surface area contributed by atoms with Crippen LogP contribution in [0.1, 0.15) is 25.8 Å². The number of aromatic nitrogens is 3. The zero-order valence-corrected chi connectivity index (χ0v) is 18.5. The molecule has 1 aliphatic heterocycles. The van der Waals surface area contributed by atoms with Crippen molar-refractivity contribution in [2.75, 3.05) is 19.0 Å². The van der Waals surface area contributed by atoms with Gasteiger partial charge in [-0.15, -0.1) is 0 Å². The second-order valence-electron chi connectivity index (χ2n) is 8.02. The van der Waals surface area contributed by atoms with E-state index in [1.54, 1.807) is 19.9 Å². The molecule has 0 spiro atoms. The molecule has 2 atom stereocenters. The second-order valence-corrected chi connectivity index (χ2v) is 9.63. The Hall–Kier alpha value is -3.05. The van der Waals surface area contributed by atoms with Crippen LogP contribution in [0.25, 0.3) is 11.0 Å². The Labute approximate surface area is 187 Å². The van der Waals surface area contributed by atoms with Gasteiger partial charge >= 0.3 is 0 Å². The number of benzene rings is 1. The van der Waals surface area contributed by atoms with Crippen molar-refractivity contribution in [3.05, 3.63) is 47.9 Å². The first-order chi connectivity index (χ1) is 15.2. The molecule has 0 aliphatic carbocycles. The largest absolute Gasteiger partial charge is 0.495 e. The van der Waals surface area contributed by atoms with Crippen LogP contribution in [0.3, 0.4) is 0 Å². The van der Waals surface area contributed by atoms with Gasteiger partial charge in [0.15, 0.2) is 22.6 Å². The molecule has 0 radical (unpaired) electrons. The van der Waals surface area contributed by atoms with Crippen LogP contribution in [0.2, 0.25) is 0 Å². The smallest absolute Gasteiger partial charge is 0.164 e. The summed E-state index contributed by atoms with van der Waals surface area (Å²) in [5.74, 6) is -1.21. The highest BCUT2D eigenvalue weighted by molar-refractivity contribution is 8.15. The first-order valence-electron chi connectivity index (χ1n) is 9.73. The number of fused-ring (bicyclic) bond motifs is 1. The minimum Gasteiger partial charge on any atom is -0.495 e. The molecule has 3 aromatic rings. The molecule has 0 unspecified atom stereocenters. The van der Waals surface area contributed by atoms with E-state index in [-0.39, 0.29) is 29.4 Å². The van der Waals surface area contributed by atoms with Crippen molar-refractivity contribution < 1.29 is 18.6 Å². The van der Waals surface area contributed by atoms with E-state index in [0.717, 1.165) is 6.07 Å². The number of nitrogens with one attached hydrogen (secondary N) is 1. The number of amidine groups is 1. The van der Waals surface area contributed by atoms with Gasteiger partial charge in [-0.2, -0.15) is 0 Å². The summed E-state index contributed by atoms with van der Waals surface area (Å²) in [5, 5.41) is 13.0. The highest BCUT2D eigenvalue weighted by Crippen LogP contribution is 2.46. The summed E-state index contributed by atoms with van der Waals surface area (Å²) in [6.07, 6.45) is 3.12. The molecule has 8 nitrogen and oxygen atoms in total. The van der Waals surface area contributed by atoms with E-state index in [4.69, 9.17) is 10.5 Å². The van der Waals surface area contributed by atoms with Gasteiger partial charge in [-0.1, -0.05) is 11.8 Å². The Morgan fingerprint density at radius 3 is 2.72 bits per heavy atom. The van der Waals surface area contributed by atoms with Gasteiger partial charge in [-0.05, 0) is 26.3 Å². The van der Waals surface area contributed by atoms with Gasteiger partial charge in [0.25, 0.3) is 0 Å². The topological polar surface area (TPSA) is 119 Å². The maximum atomic E-state index is 14.9. The summed E-state index contributed by atoms with van der Waals surface area (Å²) in [6, 6.07) is 4.20. The van der Waals surface area contributed by atoms with Crippen molar-refractivity contribution >= 4 is 39.5 Å². The predicted octanol–water partition coefficient (Wildman–Crippen LogP) is 3.47. The molecule has 1 aromatic carbocycles. The van der Waals surface area contributed by atoms with Gasteiger partial charge < -0.3 is 20.9 Å². The van der Waals surface area contributed by atoms with Crippen molar-refractivity contribution in [3.8, 4) is 5.75 Å². The number of aliphatic imine (C=N–C) groups is 1. The molecule has 0 amide bonds. The summed E-state index contributed by atoms with van der Waals surface area (Å²) < 4.78 is 34.1. The Kier molecular flexibility index (Phi) is 5.63. The quantitative estimate of drug-likeness (QED) is 0.530. The number of pyridine rings is 1. The minimum absolute atomic E-state index is 0.0240. The molecule has 11 heteroatoms. The lowest BCUT2D eigenvalue weighted by molar-refractivity contribution is 0.224. The second kappa shape index (κ2) is 8.14. The molecule has 0 bridgehead atoms. The number of anilines is 2. The fourth-order valence-corrected chi connectivity index (χ4v) is 5.05. The van der Waals surface area contributed by atoms with Crippen LogP contribution in [0, 0.1) is 11.6 Å². The standard InChI is InChI=1S/C21H22F2N6O2S/c1-20(9-30)8-21(2,29-19(24)32-20)13-4-11(5-14(22)16(13)23)28-18-17-15(26-10-27-18)6-12(31-3)7-25-17/h4-7,10,30H,8-9H2,1-3H3,(H2,24,29)(H,26,27,28)/t20-,21+/m1/s1. The third kappa shape index (κ3) is 4.05. The lowest BCUT2D eigenvalue weighted by Gasteiger charge is -2.40. The monoisotopic (exact) mass is 460 g/mol. The molecule has 0 saturated carbocycles. The number of aliphatic hydroxyl groups excluding tert-OH is 1. The molecule has 4 N–H and O–H groups in total. The van der Waals surface area contributed by atoms with E-state index >= 15 is 0 Å². The first kappa shape index (κ1) is 22.2. The van der Waals surface area contributed by atoms with E-state index in [0.29, 0.717) is 22.6 Å². The zero-order chi connectivity index (χ0) is 23.1. The average Bonchev–Trinajstić information content (AvgIpc) is 2.75.